The number of aromatic nitrogens is 2. The van der Waals surface area contributed by atoms with E-state index in [0.717, 1.165) is 44.2 Å². The maximum absolute atomic E-state index is 13.7. The number of para-hydroxylation sites is 2. The van der Waals surface area contributed by atoms with Crippen LogP contribution in [0.5, 0.6) is 0 Å². The molecule has 4 amide bonds. The number of carbonyl (C=O) groups excluding carboxylic acids is 4. The largest absolute Gasteiger partial charge is 0.368 e. The third kappa shape index (κ3) is 7.44. The van der Waals surface area contributed by atoms with Crippen LogP contribution in [0, 0.1) is 6.92 Å². The fraction of sp³-hybridized carbons (Fsp3) is 0.257. The van der Waals surface area contributed by atoms with Crippen molar-refractivity contribution in [1.29, 1.82) is 0 Å². The molecule has 0 fully saturated rings. The molecule has 0 unspecified atom stereocenters. The minimum atomic E-state index is -1.08. The Morgan fingerprint density at radius 2 is 1.35 bits per heavy atom. The molecule has 2 heterocycles. The molecule has 11 heteroatoms. The Bertz CT molecular complexity index is 1860. The zero-order chi connectivity index (χ0) is 32.8. The maximum Gasteiger partial charge on any atom is 0.243 e. The Kier molecular flexibility index (Phi) is 9.82. The molecule has 11 nitrogen and oxygen atoms in total. The van der Waals surface area contributed by atoms with Crippen LogP contribution in [0.2, 0.25) is 0 Å². The zero-order valence-corrected chi connectivity index (χ0v) is 25.8. The van der Waals surface area contributed by atoms with Crippen LogP contribution in [0.4, 0.5) is 0 Å². The number of nitrogens with one attached hydrogen (secondary N) is 5. The van der Waals surface area contributed by atoms with E-state index in [0.29, 0.717) is 0 Å². The summed E-state index contributed by atoms with van der Waals surface area (Å²) < 4.78 is 0. The van der Waals surface area contributed by atoms with Gasteiger partial charge in [-0.15, -0.1) is 0 Å². The second kappa shape index (κ2) is 14.1. The van der Waals surface area contributed by atoms with E-state index in [4.69, 9.17) is 11.5 Å². The minimum Gasteiger partial charge on any atom is -0.368 e. The minimum absolute atomic E-state index is 0.123. The third-order valence-corrected chi connectivity index (χ3v) is 8.21. The lowest BCUT2D eigenvalue weighted by Crippen LogP contribution is -2.57. The molecule has 46 heavy (non-hydrogen) atoms. The van der Waals surface area contributed by atoms with Crippen molar-refractivity contribution in [3.8, 4) is 0 Å². The lowest BCUT2D eigenvalue weighted by Gasteiger charge is -2.24. The molecular weight excluding hydrogens is 582 g/mol. The Labute approximate surface area is 266 Å². The standard InChI is InChI=1S/C35H39N7O4/c1-20-26(25-13-7-9-15-29(25)39-20)18-27(36)34(45)40-21(2)33(44)42-31(17-23-19-38-28-14-8-6-12-24(23)28)35(46)41-30(32(37)43)16-22-10-4-3-5-11-22/h3-15,19,21,27,30-31,38-39H,16-18,36H2,1-2H3,(H2,37,43)(H,40,45)(H,41,46)(H,42,44)/t21-,27+,30+,31-/m0/s1. The molecule has 0 aliphatic heterocycles. The molecule has 0 aliphatic carbocycles. The number of primary amides is 1. The molecule has 0 radical (unpaired) electrons. The summed E-state index contributed by atoms with van der Waals surface area (Å²) in [6, 6.07) is 20.6. The molecule has 5 aromatic rings. The summed E-state index contributed by atoms with van der Waals surface area (Å²) in [5, 5.41) is 10.1. The fourth-order valence-electron chi connectivity index (χ4n) is 5.67. The summed E-state index contributed by atoms with van der Waals surface area (Å²) in [5.41, 5.74) is 17.2. The first-order chi connectivity index (χ1) is 22.1. The molecule has 3 aromatic carbocycles. The number of aryl methyl sites for hydroxylation is 1. The quantitative estimate of drug-likeness (QED) is 0.106. The average Bonchev–Trinajstić information content (AvgIpc) is 3.60. The van der Waals surface area contributed by atoms with Gasteiger partial charge < -0.3 is 37.4 Å². The van der Waals surface area contributed by atoms with Gasteiger partial charge in [-0.3, -0.25) is 19.2 Å². The summed E-state index contributed by atoms with van der Waals surface area (Å²) in [7, 11) is 0. The van der Waals surface area contributed by atoms with Gasteiger partial charge in [0.15, 0.2) is 0 Å². The second-order valence-corrected chi connectivity index (χ2v) is 11.6. The van der Waals surface area contributed by atoms with Crippen molar-refractivity contribution in [2.24, 2.45) is 11.5 Å². The molecule has 0 bridgehead atoms. The van der Waals surface area contributed by atoms with Crippen molar-refractivity contribution in [2.45, 2.75) is 57.3 Å². The van der Waals surface area contributed by atoms with Gasteiger partial charge in [-0.2, -0.15) is 0 Å². The first-order valence-corrected chi connectivity index (χ1v) is 15.2. The number of carbonyl (C=O) groups is 4. The highest BCUT2D eigenvalue weighted by Crippen LogP contribution is 2.23. The van der Waals surface area contributed by atoms with E-state index >= 15 is 0 Å². The summed E-state index contributed by atoms with van der Waals surface area (Å²) in [6.07, 6.45) is 2.37. The Morgan fingerprint density at radius 1 is 0.717 bits per heavy atom. The molecule has 0 aliphatic rings. The van der Waals surface area contributed by atoms with E-state index in [1.165, 1.54) is 6.92 Å². The number of benzene rings is 3. The zero-order valence-electron chi connectivity index (χ0n) is 25.8. The lowest BCUT2D eigenvalue weighted by atomic mass is 10.0. The monoisotopic (exact) mass is 621 g/mol. The Morgan fingerprint density at radius 3 is 2.07 bits per heavy atom. The molecule has 9 N–H and O–H groups in total. The van der Waals surface area contributed by atoms with Gasteiger partial charge in [0.1, 0.15) is 18.1 Å². The van der Waals surface area contributed by atoms with Gasteiger partial charge in [-0.1, -0.05) is 66.7 Å². The van der Waals surface area contributed by atoms with Crippen molar-refractivity contribution >= 4 is 45.4 Å². The van der Waals surface area contributed by atoms with Gasteiger partial charge in [-0.05, 0) is 49.1 Å². The van der Waals surface area contributed by atoms with Gasteiger partial charge in [0, 0.05) is 46.5 Å². The lowest BCUT2D eigenvalue weighted by molar-refractivity contribution is -0.133. The van der Waals surface area contributed by atoms with Crippen molar-refractivity contribution < 1.29 is 19.2 Å². The normalized spacial score (nSPS) is 13.9. The van der Waals surface area contributed by atoms with Gasteiger partial charge in [-0.25, -0.2) is 0 Å². The average molecular weight is 622 g/mol. The number of amides is 4. The summed E-state index contributed by atoms with van der Waals surface area (Å²) in [5.74, 6) is -2.36. The smallest absolute Gasteiger partial charge is 0.243 e. The van der Waals surface area contributed by atoms with Crippen LogP contribution in [0.15, 0.2) is 85.1 Å². The van der Waals surface area contributed by atoms with E-state index in [-0.39, 0.29) is 19.3 Å². The van der Waals surface area contributed by atoms with E-state index in [9.17, 15) is 19.2 Å². The van der Waals surface area contributed by atoms with Gasteiger partial charge in [0.2, 0.25) is 23.6 Å². The summed E-state index contributed by atoms with van der Waals surface area (Å²) in [6.45, 7) is 3.46. The molecule has 0 saturated carbocycles. The first-order valence-electron chi connectivity index (χ1n) is 15.2. The number of hydrogen-bond donors (Lipinski definition) is 7. The highest BCUT2D eigenvalue weighted by atomic mass is 16.2. The van der Waals surface area contributed by atoms with Crippen LogP contribution in [0.3, 0.4) is 0 Å². The van der Waals surface area contributed by atoms with Gasteiger partial charge >= 0.3 is 0 Å². The molecule has 5 rings (SSSR count). The Hall–Kier alpha value is -5.42. The van der Waals surface area contributed by atoms with Crippen molar-refractivity contribution in [2.75, 3.05) is 0 Å². The van der Waals surface area contributed by atoms with Crippen molar-refractivity contribution in [1.82, 2.24) is 25.9 Å². The highest BCUT2D eigenvalue weighted by molar-refractivity contribution is 5.95. The number of nitrogens with two attached hydrogens (primary N) is 2. The van der Waals surface area contributed by atoms with Crippen LogP contribution in [0.25, 0.3) is 21.8 Å². The van der Waals surface area contributed by atoms with Crippen molar-refractivity contribution in [3.63, 3.8) is 0 Å². The maximum atomic E-state index is 13.7. The molecule has 238 valence electrons. The number of H-pyrrole nitrogens is 2. The van der Waals surface area contributed by atoms with Crippen LogP contribution >= 0.6 is 0 Å². The van der Waals surface area contributed by atoms with Crippen LogP contribution in [-0.4, -0.2) is 57.8 Å². The summed E-state index contributed by atoms with van der Waals surface area (Å²) in [4.78, 5) is 59.0. The van der Waals surface area contributed by atoms with E-state index < -0.39 is 47.8 Å². The molecular formula is C35H39N7O4. The molecule has 0 spiro atoms. The predicted octanol–water partition coefficient (Wildman–Crippen LogP) is 2.27. The van der Waals surface area contributed by atoms with Gasteiger partial charge in [0.05, 0.1) is 6.04 Å². The topological polar surface area (TPSA) is 188 Å². The van der Waals surface area contributed by atoms with Gasteiger partial charge in [0.25, 0.3) is 0 Å². The predicted molar refractivity (Wildman–Crippen MR) is 178 cm³/mol. The van der Waals surface area contributed by atoms with Crippen LogP contribution in [0.1, 0.15) is 29.3 Å². The van der Waals surface area contributed by atoms with Crippen molar-refractivity contribution in [3.05, 3.63) is 107 Å². The number of hydrogen-bond acceptors (Lipinski definition) is 5. The highest BCUT2D eigenvalue weighted by Gasteiger charge is 2.29. The number of fused-ring (bicyclic) bond motifs is 2. The second-order valence-electron chi connectivity index (χ2n) is 11.6. The number of rotatable bonds is 13. The molecule has 4 atom stereocenters. The first kappa shape index (κ1) is 32.0. The fourth-order valence-corrected chi connectivity index (χ4v) is 5.67. The van der Waals surface area contributed by atoms with E-state index in [1.807, 2.05) is 85.8 Å². The Balaban J connectivity index is 1.29. The van der Waals surface area contributed by atoms with Crippen LogP contribution < -0.4 is 27.4 Å². The van der Waals surface area contributed by atoms with E-state index in [1.54, 1.807) is 6.20 Å². The molecule has 2 aromatic heterocycles. The van der Waals surface area contributed by atoms with Crippen LogP contribution in [-0.2, 0) is 38.4 Å². The molecule has 0 saturated heterocycles. The summed E-state index contributed by atoms with van der Waals surface area (Å²) >= 11 is 0. The van der Waals surface area contributed by atoms with E-state index in [2.05, 4.69) is 25.9 Å². The number of aromatic amines is 2. The third-order valence-electron chi connectivity index (χ3n) is 8.21. The SMILES string of the molecule is Cc1[nH]c2ccccc2c1C[C@@H](N)C(=O)N[C@@H](C)C(=O)N[C@@H](Cc1c[nH]c2ccccc12)C(=O)N[C@H](Cc1ccccc1)C(N)=O.